The molecule has 5 nitrogen and oxygen atoms in total. The van der Waals surface area contributed by atoms with Gasteiger partial charge in [0.15, 0.2) is 6.04 Å². The van der Waals surface area contributed by atoms with Gasteiger partial charge in [-0.25, -0.2) is 9.37 Å². The number of hydrogen-bond acceptors (Lipinski definition) is 3. The van der Waals surface area contributed by atoms with Crippen molar-refractivity contribution in [3.05, 3.63) is 64.9 Å². The number of thiazole rings is 1. The molecule has 1 aliphatic rings. The number of para-hydroxylation sites is 1. The normalized spacial score (nSPS) is 20.2. The highest BCUT2D eigenvalue weighted by molar-refractivity contribution is 7.18. The van der Waals surface area contributed by atoms with Gasteiger partial charge in [0.25, 0.3) is 5.91 Å². The lowest BCUT2D eigenvalue weighted by atomic mass is 10.1. The van der Waals surface area contributed by atoms with Gasteiger partial charge in [0.2, 0.25) is 0 Å². The highest BCUT2D eigenvalue weighted by Crippen LogP contribution is 2.20. The van der Waals surface area contributed by atoms with Crippen molar-refractivity contribution >= 4 is 27.5 Å². The number of nitrogens with one attached hydrogen (secondary N) is 3. The molecule has 1 aliphatic heterocycles. The van der Waals surface area contributed by atoms with E-state index >= 15 is 0 Å². The molecule has 1 saturated heterocycles. The molecule has 1 fully saturated rings. The molecule has 2 heterocycles. The topological polar surface area (TPSA) is 50.9 Å². The van der Waals surface area contributed by atoms with Crippen LogP contribution in [0.25, 0.3) is 10.2 Å². The SMILES string of the molecule is C[C@H](C(=O)NCCc1ccc(F)cc1)[NH+]1CC[NH+](Cc2nc3ccccc3s2)CC1. The number of carbonyl (C=O) groups is 1. The minimum Gasteiger partial charge on any atom is -0.351 e. The Labute approximate surface area is 180 Å². The van der Waals surface area contributed by atoms with Crippen LogP contribution in [-0.2, 0) is 17.8 Å². The highest BCUT2D eigenvalue weighted by atomic mass is 32.1. The molecule has 0 saturated carbocycles. The van der Waals surface area contributed by atoms with Gasteiger partial charge in [0.05, 0.1) is 10.2 Å². The summed E-state index contributed by atoms with van der Waals surface area (Å²) in [6, 6.07) is 14.7. The molecule has 30 heavy (non-hydrogen) atoms. The largest absolute Gasteiger partial charge is 0.351 e. The van der Waals surface area contributed by atoms with Crippen LogP contribution < -0.4 is 15.1 Å². The molecular formula is C23H29FN4OS+2. The molecule has 0 unspecified atom stereocenters. The lowest BCUT2D eigenvalue weighted by Crippen LogP contribution is -3.29. The van der Waals surface area contributed by atoms with Crippen molar-refractivity contribution in [1.82, 2.24) is 10.3 Å². The van der Waals surface area contributed by atoms with E-state index in [9.17, 15) is 9.18 Å². The van der Waals surface area contributed by atoms with E-state index in [0.29, 0.717) is 13.0 Å². The lowest BCUT2D eigenvalue weighted by molar-refractivity contribution is -1.02. The van der Waals surface area contributed by atoms with Gasteiger partial charge in [-0.3, -0.25) is 4.79 Å². The van der Waals surface area contributed by atoms with Gasteiger partial charge in [-0.1, -0.05) is 24.3 Å². The van der Waals surface area contributed by atoms with Crippen LogP contribution in [0.2, 0.25) is 0 Å². The molecule has 0 radical (unpaired) electrons. The molecule has 1 amide bonds. The van der Waals surface area contributed by atoms with Crippen LogP contribution in [0.15, 0.2) is 48.5 Å². The second-order valence-corrected chi connectivity index (χ2v) is 9.16. The Bertz CT molecular complexity index is 949. The molecule has 0 bridgehead atoms. The second-order valence-electron chi connectivity index (χ2n) is 8.05. The van der Waals surface area contributed by atoms with E-state index in [2.05, 4.69) is 23.5 Å². The molecule has 3 aromatic rings. The number of quaternary nitrogens is 2. The van der Waals surface area contributed by atoms with E-state index in [4.69, 9.17) is 4.98 Å². The van der Waals surface area contributed by atoms with Gasteiger partial charge in [-0.2, -0.15) is 0 Å². The van der Waals surface area contributed by atoms with Gasteiger partial charge < -0.3 is 15.1 Å². The Morgan fingerprint density at radius 1 is 1.13 bits per heavy atom. The number of halogens is 1. The van der Waals surface area contributed by atoms with Crippen LogP contribution in [-0.4, -0.2) is 49.7 Å². The summed E-state index contributed by atoms with van der Waals surface area (Å²) in [4.78, 5) is 20.2. The van der Waals surface area contributed by atoms with E-state index in [1.54, 1.807) is 28.4 Å². The van der Waals surface area contributed by atoms with E-state index in [-0.39, 0.29) is 17.8 Å². The average molecular weight is 429 g/mol. The van der Waals surface area contributed by atoms with Crippen molar-refractivity contribution in [3.8, 4) is 0 Å². The number of fused-ring (bicyclic) bond motifs is 1. The van der Waals surface area contributed by atoms with Crippen molar-refractivity contribution in [1.29, 1.82) is 0 Å². The third-order valence-corrected chi connectivity index (χ3v) is 7.01. The van der Waals surface area contributed by atoms with Crippen LogP contribution in [0.5, 0.6) is 0 Å². The van der Waals surface area contributed by atoms with Gasteiger partial charge in [0.1, 0.15) is 43.5 Å². The maximum atomic E-state index is 13.0. The van der Waals surface area contributed by atoms with Crippen LogP contribution in [0.3, 0.4) is 0 Å². The van der Waals surface area contributed by atoms with Crippen LogP contribution in [0.4, 0.5) is 4.39 Å². The quantitative estimate of drug-likeness (QED) is 0.512. The average Bonchev–Trinajstić information content (AvgIpc) is 3.17. The Kier molecular flexibility index (Phi) is 6.72. The zero-order valence-electron chi connectivity index (χ0n) is 17.3. The molecule has 7 heteroatoms. The maximum Gasteiger partial charge on any atom is 0.278 e. The van der Waals surface area contributed by atoms with Crippen molar-refractivity contribution < 1.29 is 19.0 Å². The molecule has 1 aromatic heterocycles. The molecule has 2 aromatic carbocycles. The Morgan fingerprint density at radius 2 is 1.87 bits per heavy atom. The van der Waals surface area contributed by atoms with E-state index in [0.717, 1.165) is 43.8 Å². The summed E-state index contributed by atoms with van der Waals surface area (Å²) in [5.74, 6) is -0.133. The maximum absolute atomic E-state index is 13.0. The number of rotatable bonds is 7. The van der Waals surface area contributed by atoms with Gasteiger partial charge in [0, 0.05) is 6.54 Å². The Morgan fingerprint density at radius 3 is 2.60 bits per heavy atom. The van der Waals surface area contributed by atoms with Crippen LogP contribution in [0.1, 0.15) is 17.5 Å². The molecule has 3 N–H and O–H groups in total. The first-order valence-electron chi connectivity index (χ1n) is 10.6. The molecule has 0 spiro atoms. The predicted octanol–water partition coefficient (Wildman–Crippen LogP) is 0.466. The molecule has 0 aliphatic carbocycles. The molecule has 158 valence electrons. The highest BCUT2D eigenvalue weighted by Gasteiger charge is 2.31. The number of hydrogen-bond donors (Lipinski definition) is 3. The minimum absolute atomic E-state index is 0.0535. The predicted molar refractivity (Wildman–Crippen MR) is 117 cm³/mol. The summed E-state index contributed by atoms with van der Waals surface area (Å²) in [6.07, 6.45) is 0.716. The van der Waals surface area contributed by atoms with Crippen molar-refractivity contribution in [2.45, 2.75) is 25.9 Å². The van der Waals surface area contributed by atoms with E-state index in [1.807, 2.05) is 13.0 Å². The third kappa shape index (κ3) is 5.22. The summed E-state index contributed by atoms with van der Waals surface area (Å²) in [5.41, 5.74) is 2.12. The fourth-order valence-electron chi connectivity index (χ4n) is 4.06. The smallest absolute Gasteiger partial charge is 0.278 e. The summed E-state index contributed by atoms with van der Waals surface area (Å²) >= 11 is 1.79. The lowest BCUT2D eigenvalue weighted by Gasteiger charge is -2.32. The molecular weight excluding hydrogens is 399 g/mol. The number of piperazine rings is 1. The minimum atomic E-state index is -0.232. The summed E-state index contributed by atoms with van der Waals surface area (Å²) < 4.78 is 14.2. The standard InChI is InChI=1S/C23H27FN4OS/c1-17(23(29)25-11-10-18-6-8-19(24)9-7-18)28-14-12-27(13-15-28)16-22-26-20-4-2-3-5-21(20)30-22/h2-9,17H,10-16H2,1H3,(H,25,29)/p+2/t17-/m1/s1. The second kappa shape index (κ2) is 9.64. The fourth-order valence-corrected chi connectivity index (χ4v) is 5.10. The van der Waals surface area contributed by atoms with Crippen LogP contribution >= 0.6 is 11.3 Å². The molecule has 1 atom stereocenters. The van der Waals surface area contributed by atoms with Crippen molar-refractivity contribution in [2.75, 3.05) is 32.7 Å². The van der Waals surface area contributed by atoms with Gasteiger partial charge >= 0.3 is 0 Å². The monoisotopic (exact) mass is 428 g/mol. The summed E-state index contributed by atoms with van der Waals surface area (Å²) in [6.45, 7) is 7.65. The number of aromatic nitrogens is 1. The first-order valence-corrected chi connectivity index (χ1v) is 11.4. The van der Waals surface area contributed by atoms with Gasteiger partial charge in [-0.15, -0.1) is 11.3 Å². The van der Waals surface area contributed by atoms with E-state index in [1.165, 1.54) is 26.7 Å². The first-order chi connectivity index (χ1) is 14.6. The zero-order valence-corrected chi connectivity index (χ0v) is 18.1. The van der Waals surface area contributed by atoms with Gasteiger partial charge in [-0.05, 0) is 43.2 Å². The first kappa shape index (κ1) is 20.9. The number of nitrogens with zero attached hydrogens (tertiary/aromatic N) is 1. The Hall–Kier alpha value is -2.35. The summed E-state index contributed by atoms with van der Waals surface area (Å²) in [5, 5.41) is 4.24. The third-order valence-electron chi connectivity index (χ3n) is 5.97. The van der Waals surface area contributed by atoms with Crippen LogP contribution in [0, 0.1) is 5.82 Å². The number of amides is 1. The number of carbonyl (C=O) groups excluding carboxylic acids is 1. The fraction of sp³-hybridized carbons (Fsp3) is 0.391. The number of benzene rings is 2. The Balaban J connectivity index is 1.20. The van der Waals surface area contributed by atoms with Crippen molar-refractivity contribution in [3.63, 3.8) is 0 Å². The molecule has 4 rings (SSSR count). The van der Waals surface area contributed by atoms with E-state index < -0.39 is 0 Å². The summed E-state index contributed by atoms with van der Waals surface area (Å²) in [7, 11) is 0. The van der Waals surface area contributed by atoms with Crippen molar-refractivity contribution in [2.24, 2.45) is 0 Å². The zero-order chi connectivity index (χ0) is 20.9.